The zero-order valence-corrected chi connectivity index (χ0v) is 14.2. The number of carbonyl (C=O) groups is 1. The lowest BCUT2D eigenvalue weighted by Gasteiger charge is -2.36. The van der Waals surface area contributed by atoms with Crippen LogP contribution in [0.4, 0.5) is 0 Å². The van der Waals surface area contributed by atoms with Crippen LogP contribution in [-0.2, 0) is 9.53 Å². The van der Waals surface area contributed by atoms with Gasteiger partial charge in [0.1, 0.15) is 5.72 Å². The Balaban J connectivity index is 2.25. The van der Waals surface area contributed by atoms with E-state index in [0.29, 0.717) is 6.61 Å². The molecule has 0 aromatic heterocycles. The van der Waals surface area contributed by atoms with Gasteiger partial charge in [-0.2, -0.15) is 0 Å². The number of fused-ring (bicyclic) bond motifs is 1. The van der Waals surface area contributed by atoms with Crippen LogP contribution in [0.25, 0.3) is 0 Å². The van der Waals surface area contributed by atoms with E-state index in [2.05, 4.69) is 34.6 Å². The average molecular weight is 297 g/mol. The normalized spacial score (nSPS) is 36.4. The monoisotopic (exact) mass is 297 g/mol. The highest BCUT2D eigenvalue weighted by Crippen LogP contribution is 2.53. The fraction of sp³-hybridized carbons (Fsp3) is 0.941. The van der Waals surface area contributed by atoms with Crippen molar-refractivity contribution in [1.82, 2.24) is 4.90 Å². The summed E-state index contributed by atoms with van der Waals surface area (Å²) in [6.07, 6.45) is 4.17. The number of aliphatic hydroxyl groups excluding tert-OH is 1. The van der Waals surface area contributed by atoms with Gasteiger partial charge >= 0.3 is 0 Å². The fourth-order valence-corrected chi connectivity index (χ4v) is 4.04. The molecule has 1 amide bonds. The van der Waals surface area contributed by atoms with Crippen LogP contribution in [0, 0.1) is 10.8 Å². The van der Waals surface area contributed by atoms with Gasteiger partial charge in [-0.1, -0.05) is 34.1 Å². The maximum Gasteiger partial charge on any atom is 0.231 e. The van der Waals surface area contributed by atoms with Crippen LogP contribution in [0.1, 0.15) is 66.7 Å². The number of unbranched alkanes of at least 4 members (excludes halogenated alkanes) is 1. The molecule has 0 spiro atoms. The molecule has 21 heavy (non-hydrogen) atoms. The SMILES string of the molecule is CC[C@@]1(CCCCO)C[C@@]2(C)OC[C@H](C(C)(C)C)N2C1=O. The second-order valence-electron chi connectivity index (χ2n) is 8.03. The Morgan fingerprint density at radius 3 is 2.57 bits per heavy atom. The lowest BCUT2D eigenvalue weighted by Crippen LogP contribution is -2.49. The summed E-state index contributed by atoms with van der Waals surface area (Å²) in [6, 6.07) is 0.154. The lowest BCUT2D eigenvalue weighted by atomic mass is 9.77. The van der Waals surface area contributed by atoms with Crippen molar-refractivity contribution >= 4 is 5.91 Å². The summed E-state index contributed by atoms with van der Waals surface area (Å²) < 4.78 is 6.09. The molecular formula is C17H31NO3. The van der Waals surface area contributed by atoms with E-state index in [-0.39, 0.29) is 29.4 Å². The van der Waals surface area contributed by atoms with E-state index >= 15 is 0 Å². The molecule has 2 saturated heterocycles. The van der Waals surface area contributed by atoms with Gasteiger partial charge < -0.3 is 14.7 Å². The number of rotatable bonds is 5. The van der Waals surface area contributed by atoms with Gasteiger partial charge in [0.15, 0.2) is 0 Å². The average Bonchev–Trinajstić information content (AvgIpc) is 2.83. The lowest BCUT2D eigenvalue weighted by molar-refractivity contribution is -0.143. The summed E-state index contributed by atoms with van der Waals surface area (Å²) in [6.45, 7) is 11.6. The number of nitrogens with zero attached hydrogens (tertiary/aromatic N) is 1. The molecule has 4 heteroatoms. The molecule has 0 aromatic carbocycles. The molecule has 0 aromatic rings. The third-order valence-corrected chi connectivity index (χ3v) is 5.45. The minimum Gasteiger partial charge on any atom is -0.396 e. The summed E-state index contributed by atoms with van der Waals surface area (Å²) in [7, 11) is 0. The quantitative estimate of drug-likeness (QED) is 0.794. The largest absolute Gasteiger partial charge is 0.396 e. The van der Waals surface area contributed by atoms with Gasteiger partial charge in [-0.05, 0) is 31.6 Å². The van der Waals surface area contributed by atoms with Crippen molar-refractivity contribution in [3.8, 4) is 0 Å². The molecule has 0 unspecified atom stereocenters. The molecule has 0 saturated carbocycles. The van der Waals surface area contributed by atoms with Crippen LogP contribution < -0.4 is 0 Å². The summed E-state index contributed by atoms with van der Waals surface area (Å²) in [4.78, 5) is 15.2. The number of hydrogen-bond donors (Lipinski definition) is 1. The molecule has 2 aliphatic heterocycles. The van der Waals surface area contributed by atoms with E-state index in [1.165, 1.54) is 0 Å². The summed E-state index contributed by atoms with van der Waals surface area (Å²) in [5.74, 6) is 0.267. The van der Waals surface area contributed by atoms with Crippen LogP contribution in [-0.4, -0.2) is 40.9 Å². The third-order valence-electron chi connectivity index (χ3n) is 5.45. The third kappa shape index (κ3) is 2.72. The summed E-state index contributed by atoms with van der Waals surface area (Å²) >= 11 is 0. The van der Waals surface area contributed by atoms with Crippen molar-refractivity contribution in [2.75, 3.05) is 13.2 Å². The van der Waals surface area contributed by atoms with Crippen LogP contribution in [0.2, 0.25) is 0 Å². The van der Waals surface area contributed by atoms with E-state index in [4.69, 9.17) is 9.84 Å². The highest BCUT2D eigenvalue weighted by Gasteiger charge is 2.63. The maximum absolute atomic E-state index is 13.2. The Morgan fingerprint density at radius 2 is 2.05 bits per heavy atom. The molecule has 2 rings (SSSR count). The molecule has 4 nitrogen and oxygen atoms in total. The molecule has 0 radical (unpaired) electrons. The van der Waals surface area contributed by atoms with Gasteiger partial charge in [-0.3, -0.25) is 4.79 Å². The second kappa shape index (κ2) is 5.54. The number of hydrogen-bond acceptors (Lipinski definition) is 3. The molecular weight excluding hydrogens is 266 g/mol. The van der Waals surface area contributed by atoms with Crippen LogP contribution in [0.5, 0.6) is 0 Å². The van der Waals surface area contributed by atoms with Crippen molar-refractivity contribution in [1.29, 1.82) is 0 Å². The number of carbonyl (C=O) groups excluding carboxylic acids is 1. The number of aliphatic hydroxyl groups is 1. The predicted molar refractivity (Wildman–Crippen MR) is 82.7 cm³/mol. The van der Waals surface area contributed by atoms with Gasteiger partial charge in [-0.15, -0.1) is 0 Å². The van der Waals surface area contributed by atoms with Crippen LogP contribution >= 0.6 is 0 Å². The molecule has 2 fully saturated rings. The predicted octanol–water partition coefficient (Wildman–Crippen LogP) is 2.94. The molecule has 3 atom stereocenters. The minimum absolute atomic E-state index is 0.0301. The Bertz CT molecular complexity index is 403. The molecule has 0 aliphatic carbocycles. The second-order valence-corrected chi connectivity index (χ2v) is 8.03. The minimum atomic E-state index is -0.440. The zero-order chi connectivity index (χ0) is 15.9. The highest BCUT2D eigenvalue weighted by atomic mass is 16.5. The molecule has 2 heterocycles. The van der Waals surface area contributed by atoms with Crippen molar-refractivity contribution in [2.24, 2.45) is 10.8 Å². The first-order valence-electron chi connectivity index (χ1n) is 8.29. The highest BCUT2D eigenvalue weighted by molar-refractivity contribution is 5.86. The first kappa shape index (κ1) is 16.8. The van der Waals surface area contributed by atoms with Crippen molar-refractivity contribution in [3.63, 3.8) is 0 Å². The first-order chi connectivity index (χ1) is 9.70. The molecule has 122 valence electrons. The number of amides is 1. The van der Waals surface area contributed by atoms with Gasteiger partial charge in [0, 0.05) is 13.0 Å². The van der Waals surface area contributed by atoms with Crippen LogP contribution in [0.3, 0.4) is 0 Å². The molecule has 2 aliphatic rings. The van der Waals surface area contributed by atoms with Crippen LogP contribution in [0.15, 0.2) is 0 Å². The van der Waals surface area contributed by atoms with E-state index < -0.39 is 5.72 Å². The molecule has 0 bridgehead atoms. The molecule has 1 N–H and O–H groups in total. The summed E-state index contributed by atoms with van der Waals surface area (Å²) in [5.41, 5.74) is -0.708. The van der Waals surface area contributed by atoms with Crippen molar-refractivity contribution in [3.05, 3.63) is 0 Å². The van der Waals surface area contributed by atoms with E-state index in [9.17, 15) is 4.79 Å². The van der Waals surface area contributed by atoms with Gasteiger partial charge in [0.2, 0.25) is 5.91 Å². The first-order valence-corrected chi connectivity index (χ1v) is 8.29. The van der Waals surface area contributed by atoms with E-state index in [0.717, 1.165) is 32.1 Å². The van der Waals surface area contributed by atoms with Gasteiger partial charge in [0.05, 0.1) is 18.1 Å². The Hall–Kier alpha value is -0.610. The van der Waals surface area contributed by atoms with E-state index in [1.807, 2.05) is 4.90 Å². The topological polar surface area (TPSA) is 49.8 Å². The smallest absolute Gasteiger partial charge is 0.231 e. The Morgan fingerprint density at radius 1 is 1.38 bits per heavy atom. The van der Waals surface area contributed by atoms with Gasteiger partial charge in [0.25, 0.3) is 0 Å². The Labute approximate surface area is 128 Å². The zero-order valence-electron chi connectivity index (χ0n) is 14.2. The van der Waals surface area contributed by atoms with Gasteiger partial charge in [-0.25, -0.2) is 0 Å². The Kier molecular flexibility index (Phi) is 4.42. The standard InChI is InChI=1S/C17H31NO3/c1-6-17(9-7-8-10-19)12-16(5)18(14(17)20)13(11-21-16)15(2,3)4/h13,19H,6-12H2,1-5H3/t13-,16-,17-/m1/s1. The van der Waals surface area contributed by atoms with Crippen molar-refractivity contribution < 1.29 is 14.6 Å². The number of ether oxygens (including phenoxy) is 1. The van der Waals surface area contributed by atoms with Crippen molar-refractivity contribution in [2.45, 2.75) is 78.5 Å². The fourth-order valence-electron chi connectivity index (χ4n) is 4.04. The maximum atomic E-state index is 13.2. The van der Waals surface area contributed by atoms with E-state index in [1.54, 1.807) is 0 Å². The summed E-state index contributed by atoms with van der Waals surface area (Å²) in [5, 5.41) is 9.00.